The Balaban J connectivity index is 1.95. The van der Waals surface area contributed by atoms with Crippen LogP contribution in [0.3, 0.4) is 0 Å². The van der Waals surface area contributed by atoms with E-state index in [1.54, 1.807) is 7.11 Å². The third kappa shape index (κ3) is 6.33. The van der Waals surface area contributed by atoms with E-state index >= 15 is 0 Å². The van der Waals surface area contributed by atoms with E-state index in [9.17, 15) is 9.59 Å². The number of unbranched alkanes of at least 4 members (excludes halogenated alkanes) is 3. The Kier molecular flexibility index (Phi) is 7.82. The number of carbonyl (C=O) groups is 1. The molecule has 0 aliphatic rings. The van der Waals surface area contributed by atoms with E-state index in [2.05, 4.69) is 15.3 Å². The number of ether oxygens (including phenoxy) is 1. The Hall–Kier alpha value is -2.67. The highest BCUT2D eigenvalue weighted by molar-refractivity contribution is 5.92. The van der Waals surface area contributed by atoms with Gasteiger partial charge >= 0.3 is 0 Å². The Morgan fingerprint density at radius 2 is 1.92 bits per heavy atom. The number of benzene rings is 1. The van der Waals surface area contributed by atoms with E-state index in [1.165, 1.54) is 6.07 Å². The first-order valence-corrected chi connectivity index (χ1v) is 8.74. The summed E-state index contributed by atoms with van der Waals surface area (Å²) in [6.45, 7) is 0.715. The van der Waals surface area contributed by atoms with E-state index < -0.39 is 0 Å². The van der Waals surface area contributed by atoms with Gasteiger partial charge in [-0.15, -0.1) is 0 Å². The minimum absolute atomic E-state index is 0.118. The first-order valence-electron chi connectivity index (χ1n) is 8.74. The molecular weight excluding hydrogens is 334 g/mol. The third-order valence-electron chi connectivity index (χ3n) is 3.92. The molecule has 2 rings (SSSR count). The van der Waals surface area contributed by atoms with Crippen LogP contribution in [0.5, 0.6) is 5.75 Å². The smallest absolute Gasteiger partial charge is 0.270 e. The Morgan fingerprint density at radius 3 is 2.62 bits per heavy atom. The van der Waals surface area contributed by atoms with Gasteiger partial charge < -0.3 is 20.1 Å². The maximum absolute atomic E-state index is 12.2. The molecule has 0 fully saturated rings. The van der Waals surface area contributed by atoms with Crippen LogP contribution in [0, 0.1) is 0 Å². The molecule has 1 amide bonds. The average molecular weight is 359 g/mol. The second-order valence-electron chi connectivity index (χ2n) is 6.00. The zero-order valence-corrected chi connectivity index (χ0v) is 15.0. The zero-order valence-electron chi connectivity index (χ0n) is 15.0. The molecule has 2 aromatic rings. The molecule has 0 unspecified atom stereocenters. The maximum atomic E-state index is 12.2. The lowest BCUT2D eigenvalue weighted by Crippen LogP contribution is -2.28. The lowest BCUT2D eigenvalue weighted by Gasteiger charge is -2.07. The highest BCUT2D eigenvalue weighted by Crippen LogP contribution is 2.13. The average Bonchev–Trinajstić information content (AvgIpc) is 2.64. The molecule has 7 heteroatoms. The van der Waals surface area contributed by atoms with Crippen LogP contribution in [-0.2, 0) is 6.42 Å². The summed E-state index contributed by atoms with van der Waals surface area (Å²) in [6, 6.07) is 8.65. The minimum atomic E-state index is -0.353. The van der Waals surface area contributed by atoms with Crippen molar-refractivity contribution < 1.29 is 14.6 Å². The molecule has 0 spiro atoms. The molecule has 1 heterocycles. The Bertz CT molecular complexity index is 756. The second kappa shape index (κ2) is 10.4. The quantitative estimate of drug-likeness (QED) is 0.560. The van der Waals surface area contributed by atoms with Gasteiger partial charge in [0.25, 0.3) is 11.5 Å². The fourth-order valence-corrected chi connectivity index (χ4v) is 2.53. The number of hydrogen-bond donors (Lipinski definition) is 3. The lowest BCUT2D eigenvalue weighted by molar-refractivity contribution is 0.0947. The number of methoxy groups -OCH3 is 1. The highest BCUT2D eigenvalue weighted by Gasteiger charge is 2.10. The maximum Gasteiger partial charge on any atom is 0.270 e. The van der Waals surface area contributed by atoms with Crippen molar-refractivity contribution in [1.82, 2.24) is 15.3 Å². The van der Waals surface area contributed by atoms with E-state index in [0.29, 0.717) is 18.8 Å². The van der Waals surface area contributed by atoms with Crippen molar-refractivity contribution in [3.05, 3.63) is 57.8 Å². The van der Waals surface area contributed by atoms with Crippen LogP contribution in [-0.4, -0.2) is 41.2 Å². The number of H-pyrrole nitrogens is 1. The van der Waals surface area contributed by atoms with E-state index in [-0.39, 0.29) is 23.8 Å². The summed E-state index contributed by atoms with van der Waals surface area (Å²) in [5.74, 6) is 0.840. The normalized spacial score (nSPS) is 10.5. The van der Waals surface area contributed by atoms with E-state index in [1.807, 2.05) is 24.3 Å². The summed E-state index contributed by atoms with van der Waals surface area (Å²) in [5, 5.41) is 11.5. The number of aromatic nitrogens is 2. The molecule has 140 valence electrons. The number of nitrogens with zero attached hydrogens (tertiary/aromatic N) is 1. The molecule has 1 aromatic carbocycles. The highest BCUT2D eigenvalue weighted by atomic mass is 16.5. The van der Waals surface area contributed by atoms with Gasteiger partial charge in [0.2, 0.25) is 0 Å². The molecule has 26 heavy (non-hydrogen) atoms. The van der Waals surface area contributed by atoms with Crippen molar-refractivity contribution in [2.75, 3.05) is 20.3 Å². The van der Waals surface area contributed by atoms with Crippen LogP contribution in [0.15, 0.2) is 35.1 Å². The molecule has 0 aliphatic heterocycles. The summed E-state index contributed by atoms with van der Waals surface area (Å²) < 4.78 is 5.12. The predicted molar refractivity (Wildman–Crippen MR) is 98.5 cm³/mol. The standard InChI is InChI=1S/C19H25N3O4/c1-26-15-8-6-14(7-9-15)12-17-21-16(13-18(24)22-17)19(25)20-10-4-2-3-5-11-23/h6-9,13,23H,2-5,10-12H2,1H3,(H,20,25)(H,21,22,24). The van der Waals surface area contributed by atoms with Crippen LogP contribution in [0.4, 0.5) is 0 Å². The number of aliphatic hydroxyl groups excluding tert-OH is 1. The van der Waals surface area contributed by atoms with Crippen molar-refractivity contribution in [3.8, 4) is 5.75 Å². The number of amides is 1. The minimum Gasteiger partial charge on any atom is -0.497 e. The van der Waals surface area contributed by atoms with Gasteiger partial charge in [-0.2, -0.15) is 0 Å². The van der Waals surface area contributed by atoms with Crippen molar-refractivity contribution in [1.29, 1.82) is 0 Å². The summed E-state index contributed by atoms with van der Waals surface area (Å²) in [6.07, 6.45) is 3.89. The van der Waals surface area contributed by atoms with Gasteiger partial charge in [-0.05, 0) is 30.5 Å². The molecule has 1 aromatic heterocycles. The lowest BCUT2D eigenvalue weighted by atomic mass is 10.1. The molecule has 0 saturated heterocycles. The monoisotopic (exact) mass is 359 g/mol. The Morgan fingerprint density at radius 1 is 1.19 bits per heavy atom. The summed E-state index contributed by atoms with van der Waals surface area (Å²) in [4.78, 5) is 31.0. The van der Waals surface area contributed by atoms with Gasteiger partial charge in [0, 0.05) is 25.6 Å². The van der Waals surface area contributed by atoms with E-state index in [0.717, 1.165) is 37.0 Å². The SMILES string of the molecule is COc1ccc(Cc2nc(C(=O)NCCCCCCO)cc(=O)[nH]2)cc1. The number of carbonyl (C=O) groups excluding carboxylic acids is 1. The van der Waals surface area contributed by atoms with E-state index in [4.69, 9.17) is 9.84 Å². The molecule has 0 bridgehead atoms. The van der Waals surface area contributed by atoms with Crippen molar-refractivity contribution in [2.24, 2.45) is 0 Å². The molecule has 0 atom stereocenters. The molecule has 3 N–H and O–H groups in total. The van der Waals surface area contributed by atoms with Crippen LogP contribution in [0.2, 0.25) is 0 Å². The predicted octanol–water partition coefficient (Wildman–Crippen LogP) is 1.65. The van der Waals surface area contributed by atoms with Crippen LogP contribution < -0.4 is 15.6 Å². The molecular formula is C19H25N3O4. The third-order valence-corrected chi connectivity index (χ3v) is 3.92. The van der Waals surface area contributed by atoms with Crippen molar-refractivity contribution >= 4 is 5.91 Å². The van der Waals surface area contributed by atoms with Crippen LogP contribution in [0.25, 0.3) is 0 Å². The van der Waals surface area contributed by atoms with Gasteiger partial charge in [-0.3, -0.25) is 9.59 Å². The summed E-state index contributed by atoms with van der Waals surface area (Å²) in [7, 11) is 1.60. The largest absolute Gasteiger partial charge is 0.497 e. The topological polar surface area (TPSA) is 104 Å². The first-order chi connectivity index (χ1) is 12.6. The molecule has 0 aliphatic carbocycles. The van der Waals surface area contributed by atoms with Crippen LogP contribution >= 0.6 is 0 Å². The van der Waals surface area contributed by atoms with Crippen molar-refractivity contribution in [3.63, 3.8) is 0 Å². The van der Waals surface area contributed by atoms with Gasteiger partial charge in [0.15, 0.2) is 0 Å². The number of rotatable bonds is 10. The number of aromatic amines is 1. The fraction of sp³-hybridized carbons (Fsp3) is 0.421. The number of aliphatic hydroxyl groups is 1. The van der Waals surface area contributed by atoms with Gasteiger partial charge in [0.1, 0.15) is 17.3 Å². The van der Waals surface area contributed by atoms with Crippen LogP contribution in [0.1, 0.15) is 47.6 Å². The molecule has 0 radical (unpaired) electrons. The first kappa shape index (κ1) is 19.7. The zero-order chi connectivity index (χ0) is 18.8. The van der Waals surface area contributed by atoms with Crippen molar-refractivity contribution in [2.45, 2.75) is 32.1 Å². The van der Waals surface area contributed by atoms with Gasteiger partial charge in [0.05, 0.1) is 7.11 Å². The van der Waals surface area contributed by atoms with Gasteiger partial charge in [-0.25, -0.2) is 4.98 Å². The Labute approximate surface area is 152 Å². The second-order valence-corrected chi connectivity index (χ2v) is 6.00. The van der Waals surface area contributed by atoms with Gasteiger partial charge in [-0.1, -0.05) is 25.0 Å². The summed E-state index contributed by atoms with van der Waals surface area (Å²) >= 11 is 0. The number of hydrogen-bond acceptors (Lipinski definition) is 5. The summed E-state index contributed by atoms with van der Waals surface area (Å²) in [5.41, 5.74) is 0.722. The molecule has 7 nitrogen and oxygen atoms in total. The number of nitrogens with one attached hydrogen (secondary N) is 2. The molecule has 0 saturated carbocycles. The fourth-order valence-electron chi connectivity index (χ4n) is 2.53.